The Bertz CT molecular complexity index is 1150. The molecule has 1 unspecified atom stereocenters. The van der Waals surface area contributed by atoms with Crippen molar-refractivity contribution in [2.75, 3.05) is 11.9 Å². The fraction of sp³-hybridized carbons (Fsp3) is 0.286. The van der Waals surface area contributed by atoms with Crippen molar-refractivity contribution in [3.8, 4) is 0 Å². The van der Waals surface area contributed by atoms with Crippen molar-refractivity contribution >= 4 is 26.6 Å². The van der Waals surface area contributed by atoms with E-state index in [2.05, 4.69) is 10.3 Å². The number of sulfonamides is 1. The van der Waals surface area contributed by atoms with Gasteiger partial charge in [0, 0.05) is 23.8 Å². The topological polar surface area (TPSA) is 71.1 Å². The molecule has 0 radical (unpaired) electrons. The lowest BCUT2D eigenvalue weighted by atomic mass is 10.1. The summed E-state index contributed by atoms with van der Waals surface area (Å²) < 4.78 is 68.2. The van der Waals surface area contributed by atoms with E-state index in [0.717, 1.165) is 10.9 Å². The lowest BCUT2D eigenvalue weighted by Crippen LogP contribution is -2.49. The monoisotopic (exact) mass is 437 g/mol. The van der Waals surface area contributed by atoms with Crippen LogP contribution in [-0.4, -0.2) is 32.2 Å². The van der Waals surface area contributed by atoms with E-state index in [-0.39, 0.29) is 4.90 Å². The molecule has 0 aliphatic heterocycles. The number of nitrogens with zero attached hydrogens (tertiary/aromatic N) is 1. The third-order valence-electron chi connectivity index (χ3n) is 4.68. The van der Waals surface area contributed by atoms with Crippen LogP contribution in [0.4, 0.5) is 18.9 Å². The number of anilines is 1. The zero-order valence-corrected chi connectivity index (χ0v) is 17.5. The molecule has 30 heavy (non-hydrogen) atoms. The number of fused-ring (bicyclic) bond motifs is 1. The minimum Gasteiger partial charge on any atom is -0.383 e. The number of hydrogen-bond donors (Lipinski definition) is 2. The van der Waals surface area contributed by atoms with Crippen LogP contribution in [0.25, 0.3) is 10.9 Å². The van der Waals surface area contributed by atoms with Crippen LogP contribution >= 0.6 is 0 Å². The summed E-state index contributed by atoms with van der Waals surface area (Å²) in [6.45, 7) is 4.28. The van der Waals surface area contributed by atoms with E-state index in [9.17, 15) is 21.6 Å². The van der Waals surface area contributed by atoms with E-state index in [4.69, 9.17) is 0 Å². The minimum atomic E-state index is -4.77. The Morgan fingerprint density at radius 1 is 1.03 bits per heavy atom. The molecule has 3 aromatic rings. The van der Waals surface area contributed by atoms with Gasteiger partial charge < -0.3 is 5.32 Å². The highest BCUT2D eigenvalue weighted by Gasteiger charge is 2.42. The molecule has 0 aliphatic carbocycles. The quantitative estimate of drug-likeness (QED) is 0.597. The molecule has 0 bridgehead atoms. The van der Waals surface area contributed by atoms with Crippen LogP contribution in [0.3, 0.4) is 0 Å². The van der Waals surface area contributed by atoms with Crippen LogP contribution in [0, 0.1) is 20.8 Å². The maximum atomic E-state index is 13.6. The molecule has 2 N–H and O–H groups in total. The molecule has 0 fully saturated rings. The molecule has 0 amide bonds. The third kappa shape index (κ3) is 4.91. The number of aryl methyl sites for hydroxylation is 3. The Labute approximate surface area is 173 Å². The van der Waals surface area contributed by atoms with E-state index in [1.54, 1.807) is 69.4 Å². The SMILES string of the molecule is Cc1cc(C)c(S(=O)(=O)NC(CNc2ccc3ncccc3c2)C(F)(F)F)c(C)c1. The average molecular weight is 437 g/mol. The van der Waals surface area contributed by atoms with Crippen molar-refractivity contribution in [1.29, 1.82) is 0 Å². The van der Waals surface area contributed by atoms with Crippen molar-refractivity contribution in [2.45, 2.75) is 37.9 Å². The summed E-state index contributed by atoms with van der Waals surface area (Å²) in [7, 11) is -4.38. The summed E-state index contributed by atoms with van der Waals surface area (Å²) in [6.07, 6.45) is -3.15. The largest absolute Gasteiger partial charge is 0.406 e. The van der Waals surface area contributed by atoms with Crippen LogP contribution < -0.4 is 10.0 Å². The van der Waals surface area contributed by atoms with Gasteiger partial charge in [0.2, 0.25) is 10.0 Å². The van der Waals surface area contributed by atoms with Crippen molar-refractivity contribution in [3.05, 3.63) is 65.4 Å². The van der Waals surface area contributed by atoms with Gasteiger partial charge in [-0.05, 0) is 56.2 Å². The first-order valence-electron chi connectivity index (χ1n) is 9.23. The first-order valence-corrected chi connectivity index (χ1v) is 10.7. The van der Waals surface area contributed by atoms with Gasteiger partial charge in [-0.15, -0.1) is 0 Å². The predicted octanol–water partition coefficient (Wildman–Crippen LogP) is 4.48. The molecule has 3 rings (SSSR count). The minimum absolute atomic E-state index is 0.126. The van der Waals surface area contributed by atoms with Crippen LogP contribution in [0.1, 0.15) is 16.7 Å². The third-order valence-corrected chi connectivity index (χ3v) is 6.46. The lowest BCUT2D eigenvalue weighted by molar-refractivity contribution is -0.148. The highest BCUT2D eigenvalue weighted by Crippen LogP contribution is 2.26. The van der Waals surface area contributed by atoms with E-state index >= 15 is 0 Å². The van der Waals surface area contributed by atoms with Gasteiger partial charge in [-0.1, -0.05) is 23.8 Å². The van der Waals surface area contributed by atoms with Crippen molar-refractivity contribution in [2.24, 2.45) is 0 Å². The van der Waals surface area contributed by atoms with E-state index in [0.29, 0.717) is 22.3 Å². The fourth-order valence-corrected chi connectivity index (χ4v) is 5.14. The van der Waals surface area contributed by atoms with Crippen LogP contribution in [-0.2, 0) is 10.0 Å². The number of pyridine rings is 1. The second-order valence-electron chi connectivity index (χ2n) is 7.24. The summed E-state index contributed by atoms with van der Waals surface area (Å²) in [5.41, 5.74) is 2.78. The normalized spacial score (nSPS) is 13.4. The zero-order valence-electron chi connectivity index (χ0n) is 16.7. The van der Waals surface area contributed by atoms with Crippen LogP contribution in [0.5, 0.6) is 0 Å². The number of hydrogen-bond acceptors (Lipinski definition) is 4. The Morgan fingerprint density at radius 3 is 2.33 bits per heavy atom. The van der Waals surface area contributed by atoms with Gasteiger partial charge in [0.05, 0.1) is 10.4 Å². The number of nitrogens with one attached hydrogen (secondary N) is 2. The first kappa shape index (κ1) is 22.0. The van der Waals surface area contributed by atoms with Gasteiger partial charge in [-0.2, -0.15) is 17.9 Å². The highest BCUT2D eigenvalue weighted by molar-refractivity contribution is 7.89. The fourth-order valence-electron chi connectivity index (χ4n) is 3.47. The standard InChI is InChI=1S/C21H22F3N3O2S/c1-13-9-14(2)20(15(3)10-13)30(28,29)27-19(21(22,23)24)12-26-17-6-7-18-16(11-17)5-4-8-25-18/h4-11,19,26-27H,12H2,1-3H3. The number of aromatic nitrogens is 1. The van der Waals surface area contributed by atoms with Crippen molar-refractivity contribution in [1.82, 2.24) is 9.71 Å². The van der Waals surface area contributed by atoms with Gasteiger partial charge in [-0.3, -0.25) is 4.98 Å². The Balaban J connectivity index is 1.84. The number of halogens is 3. The summed E-state index contributed by atoms with van der Waals surface area (Å²) in [5, 5.41) is 3.44. The van der Waals surface area contributed by atoms with Crippen molar-refractivity contribution < 1.29 is 21.6 Å². The number of benzene rings is 2. The van der Waals surface area contributed by atoms with Crippen LogP contribution in [0.2, 0.25) is 0 Å². The molecule has 9 heteroatoms. The molecule has 0 spiro atoms. The maximum Gasteiger partial charge on any atom is 0.406 e. The smallest absolute Gasteiger partial charge is 0.383 e. The van der Waals surface area contributed by atoms with Gasteiger partial charge in [0.15, 0.2) is 0 Å². The summed E-state index contributed by atoms with van der Waals surface area (Å²) in [4.78, 5) is 4.04. The van der Waals surface area contributed by atoms with Gasteiger partial charge in [-0.25, -0.2) is 8.42 Å². The van der Waals surface area contributed by atoms with Crippen LogP contribution in [0.15, 0.2) is 53.6 Å². The molecule has 0 saturated heterocycles. The lowest BCUT2D eigenvalue weighted by Gasteiger charge is -2.23. The maximum absolute atomic E-state index is 13.6. The molecule has 0 aliphatic rings. The molecule has 1 aromatic heterocycles. The molecule has 5 nitrogen and oxygen atoms in total. The first-order chi connectivity index (χ1) is 14.0. The Morgan fingerprint density at radius 2 is 1.70 bits per heavy atom. The van der Waals surface area contributed by atoms with Gasteiger partial charge >= 0.3 is 6.18 Å². The van der Waals surface area contributed by atoms with Gasteiger partial charge in [0.1, 0.15) is 6.04 Å². The Kier molecular flexibility index (Phi) is 6.05. The predicted molar refractivity (Wildman–Crippen MR) is 111 cm³/mol. The Hall–Kier alpha value is -2.65. The number of alkyl halides is 3. The summed E-state index contributed by atoms with van der Waals surface area (Å²) in [6, 6.07) is 9.43. The summed E-state index contributed by atoms with van der Waals surface area (Å²) >= 11 is 0. The van der Waals surface area contributed by atoms with Crippen molar-refractivity contribution in [3.63, 3.8) is 0 Å². The zero-order chi connectivity index (χ0) is 22.1. The molecule has 0 saturated carbocycles. The van der Waals surface area contributed by atoms with E-state index < -0.39 is 28.8 Å². The highest BCUT2D eigenvalue weighted by atomic mass is 32.2. The summed E-state index contributed by atoms with van der Waals surface area (Å²) in [5.74, 6) is 0. The number of rotatable bonds is 6. The molecule has 1 atom stereocenters. The molecule has 2 aromatic carbocycles. The second-order valence-corrected chi connectivity index (χ2v) is 8.89. The second kappa shape index (κ2) is 8.23. The molecular formula is C21H22F3N3O2S. The van der Waals surface area contributed by atoms with E-state index in [1.165, 1.54) is 0 Å². The molecular weight excluding hydrogens is 415 g/mol. The van der Waals surface area contributed by atoms with Gasteiger partial charge in [0.25, 0.3) is 0 Å². The van der Waals surface area contributed by atoms with E-state index in [1.807, 2.05) is 4.72 Å². The molecule has 1 heterocycles. The molecule has 160 valence electrons. The average Bonchev–Trinajstić information content (AvgIpc) is 2.63.